The zero-order valence-corrected chi connectivity index (χ0v) is 18.8. The Balaban J connectivity index is 1.77. The maximum absolute atomic E-state index is 12.6. The minimum absolute atomic E-state index is 0.00723. The van der Waals surface area contributed by atoms with E-state index in [1.54, 1.807) is 31.4 Å². The van der Waals surface area contributed by atoms with Gasteiger partial charge < -0.3 is 14.8 Å². The first-order valence-electron chi connectivity index (χ1n) is 9.55. The molecule has 1 N–H and O–H groups in total. The number of nitrogens with zero attached hydrogens (tertiary/aromatic N) is 1. The van der Waals surface area contributed by atoms with Gasteiger partial charge in [-0.05, 0) is 48.4 Å². The Morgan fingerprint density at radius 3 is 2.55 bits per heavy atom. The molecule has 0 aliphatic heterocycles. The van der Waals surface area contributed by atoms with E-state index in [-0.39, 0.29) is 5.57 Å². The maximum atomic E-state index is 12.6. The number of hydrogen-bond donors (Lipinski definition) is 1. The smallest absolute Gasteiger partial charge is 0.266 e. The summed E-state index contributed by atoms with van der Waals surface area (Å²) in [5.41, 5.74) is 3.24. The molecular formula is C25H21BrN2O3. The third-order valence-electron chi connectivity index (χ3n) is 4.60. The largest absolute Gasteiger partial charge is 0.493 e. The lowest BCUT2D eigenvalue weighted by Crippen LogP contribution is -2.14. The second-order valence-electron chi connectivity index (χ2n) is 6.73. The summed E-state index contributed by atoms with van der Waals surface area (Å²) >= 11 is 3.51. The van der Waals surface area contributed by atoms with E-state index in [9.17, 15) is 10.1 Å². The fourth-order valence-corrected chi connectivity index (χ4v) is 3.28. The second kappa shape index (κ2) is 10.5. The average molecular weight is 477 g/mol. The molecule has 0 spiro atoms. The number of hydrogen-bond acceptors (Lipinski definition) is 4. The topological polar surface area (TPSA) is 71.3 Å². The first-order chi connectivity index (χ1) is 15.0. The average Bonchev–Trinajstić information content (AvgIpc) is 2.78. The number of amides is 1. The highest BCUT2D eigenvalue weighted by atomic mass is 79.9. The molecule has 0 saturated heterocycles. The quantitative estimate of drug-likeness (QED) is 0.340. The molecule has 0 fully saturated rings. The Morgan fingerprint density at radius 2 is 1.84 bits per heavy atom. The van der Waals surface area contributed by atoms with Gasteiger partial charge in [0.25, 0.3) is 5.91 Å². The van der Waals surface area contributed by atoms with Gasteiger partial charge in [-0.25, -0.2) is 0 Å². The van der Waals surface area contributed by atoms with Crippen LogP contribution in [0.3, 0.4) is 0 Å². The number of benzene rings is 3. The van der Waals surface area contributed by atoms with Gasteiger partial charge >= 0.3 is 0 Å². The molecule has 0 aromatic heterocycles. The minimum atomic E-state index is -0.468. The molecule has 3 aromatic carbocycles. The van der Waals surface area contributed by atoms with Crippen LogP contribution in [0.2, 0.25) is 0 Å². The van der Waals surface area contributed by atoms with Gasteiger partial charge in [-0.2, -0.15) is 5.26 Å². The number of ether oxygens (including phenoxy) is 2. The number of para-hydroxylation sites is 1. The van der Waals surface area contributed by atoms with Crippen LogP contribution in [0.25, 0.3) is 6.08 Å². The van der Waals surface area contributed by atoms with Crippen LogP contribution in [0.4, 0.5) is 5.69 Å². The van der Waals surface area contributed by atoms with Gasteiger partial charge in [0.05, 0.1) is 7.11 Å². The summed E-state index contributed by atoms with van der Waals surface area (Å²) in [7, 11) is 1.55. The van der Waals surface area contributed by atoms with Crippen molar-refractivity contribution in [1.82, 2.24) is 0 Å². The molecule has 0 unspecified atom stereocenters. The number of methoxy groups -OCH3 is 1. The first-order valence-corrected chi connectivity index (χ1v) is 10.3. The summed E-state index contributed by atoms with van der Waals surface area (Å²) < 4.78 is 12.3. The molecule has 0 radical (unpaired) electrons. The lowest BCUT2D eigenvalue weighted by molar-refractivity contribution is -0.112. The lowest BCUT2D eigenvalue weighted by Gasteiger charge is -2.12. The molecule has 31 heavy (non-hydrogen) atoms. The van der Waals surface area contributed by atoms with Gasteiger partial charge in [-0.15, -0.1) is 0 Å². The van der Waals surface area contributed by atoms with E-state index in [0.717, 1.165) is 15.6 Å². The van der Waals surface area contributed by atoms with Crippen molar-refractivity contribution < 1.29 is 14.3 Å². The van der Waals surface area contributed by atoms with E-state index in [1.807, 2.05) is 55.5 Å². The van der Waals surface area contributed by atoms with Crippen molar-refractivity contribution in [3.63, 3.8) is 0 Å². The number of halogens is 1. The van der Waals surface area contributed by atoms with Crippen molar-refractivity contribution in [3.05, 3.63) is 93.5 Å². The SMILES string of the molecule is COc1cc(/C=C(\C#N)C(=O)Nc2ccccc2C)ccc1OCc1ccccc1Br. The second-order valence-corrected chi connectivity index (χ2v) is 7.58. The van der Waals surface area contributed by atoms with Gasteiger partial charge in [-0.1, -0.05) is 58.4 Å². The summed E-state index contributed by atoms with van der Waals surface area (Å²) in [6.45, 7) is 2.26. The zero-order valence-electron chi connectivity index (χ0n) is 17.2. The Bertz CT molecular complexity index is 1170. The van der Waals surface area contributed by atoms with Crippen LogP contribution < -0.4 is 14.8 Å². The third kappa shape index (κ3) is 5.74. The van der Waals surface area contributed by atoms with Crippen molar-refractivity contribution in [3.8, 4) is 17.6 Å². The molecular weight excluding hydrogens is 456 g/mol. The van der Waals surface area contributed by atoms with Crippen molar-refractivity contribution in [2.75, 3.05) is 12.4 Å². The van der Waals surface area contributed by atoms with E-state index < -0.39 is 5.91 Å². The molecule has 0 bridgehead atoms. The monoisotopic (exact) mass is 476 g/mol. The van der Waals surface area contributed by atoms with Gasteiger partial charge in [0.2, 0.25) is 0 Å². The summed E-state index contributed by atoms with van der Waals surface area (Å²) in [4.78, 5) is 12.6. The molecule has 0 atom stereocenters. The Labute approximate surface area is 190 Å². The zero-order chi connectivity index (χ0) is 22.2. The number of nitrogens with one attached hydrogen (secondary N) is 1. The maximum Gasteiger partial charge on any atom is 0.266 e. The van der Waals surface area contributed by atoms with Crippen LogP contribution >= 0.6 is 15.9 Å². The summed E-state index contributed by atoms with van der Waals surface area (Å²) in [6, 6.07) is 22.4. The van der Waals surface area contributed by atoms with E-state index in [0.29, 0.717) is 29.4 Å². The van der Waals surface area contributed by atoms with Crippen LogP contribution in [0.1, 0.15) is 16.7 Å². The van der Waals surface area contributed by atoms with Crippen LogP contribution in [-0.2, 0) is 11.4 Å². The number of nitriles is 1. The summed E-state index contributed by atoms with van der Waals surface area (Å²) in [6.07, 6.45) is 1.52. The van der Waals surface area contributed by atoms with E-state index in [4.69, 9.17) is 9.47 Å². The summed E-state index contributed by atoms with van der Waals surface area (Å²) in [5, 5.41) is 12.3. The van der Waals surface area contributed by atoms with Gasteiger partial charge in [-0.3, -0.25) is 4.79 Å². The minimum Gasteiger partial charge on any atom is -0.493 e. The Hall–Kier alpha value is -3.56. The molecule has 0 heterocycles. The number of carbonyl (C=O) groups excluding carboxylic acids is 1. The summed E-state index contributed by atoms with van der Waals surface area (Å²) in [5.74, 6) is 0.612. The van der Waals surface area contributed by atoms with Gasteiger partial charge in [0, 0.05) is 15.7 Å². The highest BCUT2D eigenvalue weighted by Crippen LogP contribution is 2.30. The lowest BCUT2D eigenvalue weighted by atomic mass is 10.1. The fraction of sp³-hybridized carbons (Fsp3) is 0.120. The molecule has 3 aromatic rings. The van der Waals surface area contributed by atoms with E-state index in [1.165, 1.54) is 6.08 Å². The Kier molecular flexibility index (Phi) is 7.47. The normalized spacial score (nSPS) is 10.8. The first kappa shape index (κ1) is 22.1. The van der Waals surface area contributed by atoms with Crippen LogP contribution in [0, 0.1) is 18.3 Å². The third-order valence-corrected chi connectivity index (χ3v) is 5.37. The van der Waals surface area contributed by atoms with Crippen LogP contribution in [-0.4, -0.2) is 13.0 Å². The van der Waals surface area contributed by atoms with Crippen molar-refractivity contribution in [2.45, 2.75) is 13.5 Å². The molecule has 0 aliphatic carbocycles. The highest BCUT2D eigenvalue weighted by Gasteiger charge is 2.12. The van der Waals surface area contributed by atoms with Crippen molar-refractivity contribution in [2.24, 2.45) is 0 Å². The van der Waals surface area contributed by atoms with Gasteiger partial charge in [0.1, 0.15) is 18.2 Å². The molecule has 0 aliphatic rings. The van der Waals surface area contributed by atoms with Gasteiger partial charge in [0.15, 0.2) is 11.5 Å². The van der Waals surface area contributed by atoms with E-state index >= 15 is 0 Å². The molecule has 5 nitrogen and oxygen atoms in total. The van der Waals surface area contributed by atoms with Crippen molar-refractivity contribution in [1.29, 1.82) is 5.26 Å². The number of rotatable bonds is 7. The molecule has 156 valence electrons. The molecule has 3 rings (SSSR count). The molecule has 0 saturated carbocycles. The van der Waals surface area contributed by atoms with Crippen LogP contribution in [0.5, 0.6) is 11.5 Å². The number of carbonyl (C=O) groups is 1. The number of aryl methyl sites for hydroxylation is 1. The fourth-order valence-electron chi connectivity index (χ4n) is 2.88. The van der Waals surface area contributed by atoms with Crippen LogP contribution in [0.15, 0.2) is 76.8 Å². The number of anilines is 1. The predicted octanol–water partition coefficient (Wildman–Crippen LogP) is 5.89. The standard InChI is InChI=1S/C25H21BrN2O3/c1-17-7-3-6-10-22(17)28-25(29)20(15-27)13-18-11-12-23(24(14-18)30-2)31-16-19-8-4-5-9-21(19)26/h3-14H,16H2,1-2H3,(H,28,29)/b20-13+. The van der Waals surface area contributed by atoms with Crippen molar-refractivity contribution >= 4 is 33.6 Å². The predicted molar refractivity (Wildman–Crippen MR) is 125 cm³/mol. The highest BCUT2D eigenvalue weighted by molar-refractivity contribution is 9.10. The molecule has 6 heteroatoms. The molecule has 1 amide bonds. The van der Waals surface area contributed by atoms with E-state index in [2.05, 4.69) is 21.2 Å². The Morgan fingerprint density at radius 1 is 1.10 bits per heavy atom.